The van der Waals surface area contributed by atoms with E-state index in [4.69, 9.17) is 9.47 Å². The van der Waals surface area contributed by atoms with Crippen LogP contribution in [0.5, 0.6) is 0 Å². The summed E-state index contributed by atoms with van der Waals surface area (Å²) in [7, 11) is 0. The number of hydrogen-bond acceptors (Lipinski definition) is 6. The summed E-state index contributed by atoms with van der Waals surface area (Å²) < 4.78 is 11.6. The number of carbonyl (C=O) groups is 3. The van der Waals surface area contributed by atoms with Crippen molar-refractivity contribution in [3.8, 4) is 0 Å². The number of ether oxygens (including phenoxy) is 2. The fourth-order valence-corrected chi connectivity index (χ4v) is 7.63. The van der Waals surface area contributed by atoms with Crippen LogP contribution in [-0.4, -0.2) is 56.0 Å². The molecule has 0 saturated carbocycles. The SMILES string of the molecule is CCCCCCCCC(CCCCCC)COC(=O)CCCCCN(CCCC=O)CCCCCC(=O)OCC(CCCCCC)CCCCCCCC. The Hall–Kier alpha value is -1.43. The summed E-state index contributed by atoms with van der Waals surface area (Å²) in [5.41, 5.74) is 0. The van der Waals surface area contributed by atoms with Gasteiger partial charge in [0.2, 0.25) is 0 Å². The predicted octanol–water partition coefficient (Wildman–Crippen LogP) is 14.1. The van der Waals surface area contributed by atoms with E-state index in [2.05, 4.69) is 32.6 Å². The first-order valence-corrected chi connectivity index (χ1v) is 24.0. The Kier molecular flexibility index (Phi) is 41.6. The molecule has 0 aromatic heterocycles. The zero-order valence-corrected chi connectivity index (χ0v) is 36.8. The monoisotopic (exact) mass is 764 g/mol. The van der Waals surface area contributed by atoms with Crippen LogP contribution in [0, 0.1) is 11.8 Å². The summed E-state index contributed by atoms with van der Waals surface area (Å²) in [4.78, 5) is 38.7. The maximum atomic E-state index is 12.6. The number of aldehydes is 1. The van der Waals surface area contributed by atoms with Gasteiger partial charge in [0.25, 0.3) is 0 Å². The third-order valence-electron chi connectivity index (χ3n) is 11.3. The van der Waals surface area contributed by atoms with E-state index in [1.807, 2.05) is 0 Å². The lowest BCUT2D eigenvalue weighted by molar-refractivity contribution is -0.146. The summed E-state index contributed by atoms with van der Waals surface area (Å²) in [5.74, 6) is 0.968. The highest BCUT2D eigenvalue weighted by Gasteiger charge is 2.14. The summed E-state index contributed by atoms with van der Waals surface area (Å²) >= 11 is 0. The maximum Gasteiger partial charge on any atom is 0.305 e. The molecule has 0 radical (unpaired) electrons. The fraction of sp³-hybridized carbons (Fsp3) is 0.938. The number of carbonyl (C=O) groups excluding carboxylic acids is 3. The van der Waals surface area contributed by atoms with Crippen molar-refractivity contribution in [3.05, 3.63) is 0 Å². The molecule has 0 aromatic carbocycles. The zero-order valence-electron chi connectivity index (χ0n) is 36.8. The molecule has 0 bridgehead atoms. The molecule has 0 aliphatic carbocycles. The number of esters is 2. The average molecular weight is 764 g/mol. The molecule has 0 spiro atoms. The van der Waals surface area contributed by atoms with E-state index >= 15 is 0 Å². The van der Waals surface area contributed by atoms with Gasteiger partial charge in [-0.2, -0.15) is 0 Å². The molecular formula is C48H93NO5. The molecule has 0 amide bonds. The molecule has 0 aliphatic heterocycles. The molecule has 0 rings (SSSR count). The van der Waals surface area contributed by atoms with Crippen molar-refractivity contribution in [2.24, 2.45) is 11.8 Å². The van der Waals surface area contributed by atoms with E-state index in [-0.39, 0.29) is 11.9 Å². The van der Waals surface area contributed by atoms with Crippen molar-refractivity contribution in [1.82, 2.24) is 4.90 Å². The maximum absolute atomic E-state index is 12.6. The van der Waals surface area contributed by atoms with Crippen LogP contribution in [0.25, 0.3) is 0 Å². The van der Waals surface area contributed by atoms with Crippen LogP contribution >= 0.6 is 0 Å². The first-order chi connectivity index (χ1) is 26.5. The summed E-state index contributed by atoms with van der Waals surface area (Å²) in [5, 5.41) is 0. The summed E-state index contributed by atoms with van der Waals surface area (Å²) in [6.45, 7) is 13.2. The Bertz CT molecular complexity index is 746. The predicted molar refractivity (Wildman–Crippen MR) is 231 cm³/mol. The first kappa shape index (κ1) is 52.6. The van der Waals surface area contributed by atoms with Crippen LogP contribution in [0.2, 0.25) is 0 Å². The van der Waals surface area contributed by atoms with Crippen LogP contribution in [-0.2, 0) is 23.9 Å². The van der Waals surface area contributed by atoms with Gasteiger partial charge < -0.3 is 19.2 Å². The Morgan fingerprint density at radius 1 is 0.426 bits per heavy atom. The number of nitrogens with zero attached hydrogens (tertiary/aromatic N) is 1. The molecule has 320 valence electrons. The Labute approximate surface area is 336 Å². The summed E-state index contributed by atoms with van der Waals surface area (Å²) in [6, 6.07) is 0. The van der Waals surface area contributed by atoms with Gasteiger partial charge in [-0.1, -0.05) is 169 Å². The van der Waals surface area contributed by atoms with E-state index < -0.39 is 0 Å². The molecule has 0 N–H and O–H groups in total. The topological polar surface area (TPSA) is 72.9 Å². The van der Waals surface area contributed by atoms with Gasteiger partial charge in [-0.05, 0) is 89.3 Å². The van der Waals surface area contributed by atoms with Crippen LogP contribution in [0.15, 0.2) is 0 Å². The second kappa shape index (κ2) is 42.7. The van der Waals surface area contributed by atoms with Crippen molar-refractivity contribution in [2.75, 3.05) is 32.8 Å². The molecule has 0 saturated heterocycles. The molecule has 0 aliphatic rings. The van der Waals surface area contributed by atoms with Gasteiger partial charge in [0.15, 0.2) is 0 Å². The molecule has 0 aromatic rings. The molecule has 6 heteroatoms. The largest absolute Gasteiger partial charge is 0.465 e. The molecule has 0 fully saturated rings. The smallest absolute Gasteiger partial charge is 0.305 e. The van der Waals surface area contributed by atoms with Crippen molar-refractivity contribution in [3.63, 3.8) is 0 Å². The van der Waals surface area contributed by atoms with Crippen molar-refractivity contribution >= 4 is 18.2 Å². The standard InChI is InChI=1S/C48H93NO5/c1-5-9-13-17-19-25-35-45(33-23-15-11-7-3)43-53-47(51)37-27-21-29-39-49(41-31-32-42-50)40-30-22-28-38-48(52)54-44-46(34-24-16-12-8-4)36-26-20-18-14-10-6-2/h42,45-46H,5-41,43-44H2,1-4H3. The second-order valence-electron chi connectivity index (χ2n) is 16.7. The molecule has 54 heavy (non-hydrogen) atoms. The molecule has 0 heterocycles. The number of unbranched alkanes of at least 4 members (excludes halogenated alkanes) is 21. The lowest BCUT2D eigenvalue weighted by Crippen LogP contribution is -2.27. The van der Waals surface area contributed by atoms with Gasteiger partial charge in [0, 0.05) is 19.3 Å². The van der Waals surface area contributed by atoms with Gasteiger partial charge in [-0.3, -0.25) is 9.59 Å². The molecule has 2 unspecified atom stereocenters. The van der Waals surface area contributed by atoms with E-state index in [0.717, 1.165) is 70.9 Å². The quantitative estimate of drug-likeness (QED) is 0.0349. The minimum atomic E-state index is -0.0295. The normalized spacial score (nSPS) is 12.6. The van der Waals surface area contributed by atoms with Gasteiger partial charge in [-0.15, -0.1) is 0 Å². The third kappa shape index (κ3) is 37.5. The summed E-state index contributed by atoms with van der Waals surface area (Å²) in [6.07, 6.45) is 40.1. The lowest BCUT2D eigenvalue weighted by Gasteiger charge is -2.22. The first-order valence-electron chi connectivity index (χ1n) is 24.0. The van der Waals surface area contributed by atoms with E-state index in [1.165, 1.54) is 154 Å². The fourth-order valence-electron chi connectivity index (χ4n) is 7.63. The zero-order chi connectivity index (χ0) is 39.6. The van der Waals surface area contributed by atoms with Gasteiger partial charge in [0.05, 0.1) is 13.2 Å². The van der Waals surface area contributed by atoms with Crippen molar-refractivity contribution < 1.29 is 23.9 Å². The Morgan fingerprint density at radius 2 is 0.741 bits per heavy atom. The Balaban J connectivity index is 4.39. The molecular weight excluding hydrogens is 671 g/mol. The van der Waals surface area contributed by atoms with Crippen LogP contribution in [0.1, 0.15) is 246 Å². The minimum Gasteiger partial charge on any atom is -0.465 e. The molecule has 2 atom stereocenters. The third-order valence-corrected chi connectivity index (χ3v) is 11.3. The van der Waals surface area contributed by atoms with E-state index in [9.17, 15) is 14.4 Å². The van der Waals surface area contributed by atoms with Gasteiger partial charge >= 0.3 is 11.9 Å². The van der Waals surface area contributed by atoms with Gasteiger partial charge in [-0.25, -0.2) is 0 Å². The average Bonchev–Trinajstić information content (AvgIpc) is 3.17. The van der Waals surface area contributed by atoms with Crippen LogP contribution in [0.3, 0.4) is 0 Å². The number of hydrogen-bond donors (Lipinski definition) is 0. The van der Waals surface area contributed by atoms with E-state index in [0.29, 0.717) is 44.3 Å². The second-order valence-corrected chi connectivity index (χ2v) is 16.7. The van der Waals surface area contributed by atoms with Crippen molar-refractivity contribution in [1.29, 1.82) is 0 Å². The Morgan fingerprint density at radius 3 is 1.11 bits per heavy atom. The minimum absolute atomic E-state index is 0.0295. The molecule has 6 nitrogen and oxygen atoms in total. The van der Waals surface area contributed by atoms with Crippen molar-refractivity contribution in [2.45, 2.75) is 246 Å². The highest BCUT2D eigenvalue weighted by molar-refractivity contribution is 5.69. The number of rotatable bonds is 44. The highest BCUT2D eigenvalue weighted by Crippen LogP contribution is 2.21. The van der Waals surface area contributed by atoms with Crippen LogP contribution < -0.4 is 0 Å². The van der Waals surface area contributed by atoms with E-state index in [1.54, 1.807) is 0 Å². The van der Waals surface area contributed by atoms with Gasteiger partial charge in [0.1, 0.15) is 6.29 Å². The van der Waals surface area contributed by atoms with Crippen LogP contribution in [0.4, 0.5) is 0 Å². The lowest BCUT2D eigenvalue weighted by atomic mass is 9.95. The highest BCUT2D eigenvalue weighted by atomic mass is 16.5.